The van der Waals surface area contributed by atoms with Crippen molar-refractivity contribution in [1.29, 1.82) is 0 Å². The molecule has 3 rings (SSSR count). The molecule has 0 saturated heterocycles. The summed E-state index contributed by atoms with van der Waals surface area (Å²) in [6, 6.07) is 7.56. The number of ether oxygens (including phenoxy) is 3. The smallest absolute Gasteiger partial charge is 0.338 e. The van der Waals surface area contributed by atoms with Gasteiger partial charge in [-0.2, -0.15) is 0 Å². The molecule has 1 aliphatic carbocycles. The topological polar surface area (TPSA) is 221 Å². The fourth-order valence-corrected chi connectivity index (χ4v) is 4.07. The fraction of sp³-hybridized carbons (Fsp3) is 0.345. The second kappa shape index (κ2) is 13.9. The standard InChI is InChI=1S/C29H32O13/c1-16(30)10-11-40-28(38)29(39)14-23(41-25(35)8-4-17-2-6-19(31)21(33)12-17)27(37)24(15-29)42-26(36)9-5-18-3-7-20(32)22(34)13-18/h2-9,12-13,16,23-24,27,30-34,37,39H,10-11,14-15H2,1H3/b8-4+,9-5+/t16?,23-,24-,27?,29?/m1/s1. The Labute approximate surface area is 240 Å². The first kappa shape index (κ1) is 31.9. The van der Waals surface area contributed by atoms with Crippen molar-refractivity contribution >= 4 is 30.1 Å². The van der Waals surface area contributed by atoms with Gasteiger partial charge in [0.2, 0.25) is 0 Å². The van der Waals surface area contributed by atoms with Crippen LogP contribution < -0.4 is 0 Å². The predicted molar refractivity (Wildman–Crippen MR) is 145 cm³/mol. The summed E-state index contributed by atoms with van der Waals surface area (Å²) in [5.41, 5.74) is -1.69. The van der Waals surface area contributed by atoms with E-state index in [-0.39, 0.29) is 24.5 Å². The van der Waals surface area contributed by atoms with Gasteiger partial charge in [-0.15, -0.1) is 0 Å². The number of rotatable bonds is 10. The summed E-state index contributed by atoms with van der Waals surface area (Å²) in [5, 5.41) is 69.5. The van der Waals surface area contributed by atoms with E-state index >= 15 is 0 Å². The Balaban J connectivity index is 1.76. The lowest BCUT2D eigenvalue weighted by Gasteiger charge is -2.41. The highest BCUT2D eigenvalue weighted by Crippen LogP contribution is 2.34. The number of hydrogen-bond acceptors (Lipinski definition) is 13. The number of phenols is 4. The zero-order valence-electron chi connectivity index (χ0n) is 22.5. The van der Waals surface area contributed by atoms with E-state index in [1.165, 1.54) is 55.5 Å². The molecule has 0 amide bonds. The van der Waals surface area contributed by atoms with E-state index in [1.54, 1.807) is 0 Å². The van der Waals surface area contributed by atoms with E-state index in [9.17, 15) is 50.1 Å². The molecule has 0 spiro atoms. The molecule has 13 heteroatoms. The van der Waals surface area contributed by atoms with Gasteiger partial charge in [0.1, 0.15) is 18.3 Å². The highest BCUT2D eigenvalue weighted by Gasteiger charge is 2.53. The predicted octanol–water partition coefficient (Wildman–Crippen LogP) is 1.26. The summed E-state index contributed by atoms with van der Waals surface area (Å²) < 4.78 is 15.6. The normalized spacial score (nSPS) is 23.0. The molecule has 7 N–H and O–H groups in total. The number of benzene rings is 2. The van der Waals surface area contributed by atoms with Gasteiger partial charge in [-0.3, -0.25) is 0 Å². The van der Waals surface area contributed by atoms with Crippen molar-refractivity contribution in [2.75, 3.05) is 6.61 Å². The van der Waals surface area contributed by atoms with Gasteiger partial charge < -0.3 is 50.0 Å². The average Bonchev–Trinajstić information content (AvgIpc) is 2.92. The number of hydrogen-bond donors (Lipinski definition) is 7. The zero-order chi connectivity index (χ0) is 31.0. The third kappa shape index (κ3) is 8.70. The van der Waals surface area contributed by atoms with Crippen molar-refractivity contribution in [3.63, 3.8) is 0 Å². The molecule has 0 heterocycles. The van der Waals surface area contributed by atoms with Crippen molar-refractivity contribution in [3.05, 3.63) is 59.7 Å². The molecule has 3 atom stereocenters. The SMILES string of the molecule is CC(O)CCOC(=O)C1(O)C[C@@H](OC(=O)/C=C/c2ccc(O)c(O)c2)C(O)[C@H](OC(=O)/C=C/c2ccc(O)c(O)c2)C1. The maximum absolute atomic E-state index is 12.8. The Hall–Kier alpha value is -4.59. The Morgan fingerprint density at radius 3 is 1.71 bits per heavy atom. The fourth-order valence-electron chi connectivity index (χ4n) is 4.07. The Morgan fingerprint density at radius 1 is 0.857 bits per heavy atom. The summed E-state index contributed by atoms with van der Waals surface area (Å²) in [4.78, 5) is 37.8. The first-order valence-electron chi connectivity index (χ1n) is 12.8. The summed E-state index contributed by atoms with van der Waals surface area (Å²) in [6.07, 6.45) is -2.25. The van der Waals surface area contributed by atoms with E-state index in [0.717, 1.165) is 12.2 Å². The second-order valence-corrected chi connectivity index (χ2v) is 9.82. The lowest BCUT2D eigenvalue weighted by atomic mass is 9.79. The van der Waals surface area contributed by atoms with Crippen molar-refractivity contribution in [2.24, 2.45) is 0 Å². The third-order valence-electron chi connectivity index (χ3n) is 6.35. The highest BCUT2D eigenvalue weighted by atomic mass is 16.6. The van der Waals surface area contributed by atoms with Crippen molar-refractivity contribution in [1.82, 2.24) is 0 Å². The minimum atomic E-state index is -2.34. The van der Waals surface area contributed by atoms with Gasteiger partial charge in [0, 0.05) is 31.4 Å². The van der Waals surface area contributed by atoms with Crippen LogP contribution in [0.5, 0.6) is 23.0 Å². The maximum Gasteiger partial charge on any atom is 0.338 e. The Morgan fingerprint density at radius 2 is 1.31 bits per heavy atom. The van der Waals surface area contributed by atoms with Gasteiger partial charge in [-0.05, 0) is 54.5 Å². The molecule has 0 aliphatic heterocycles. The first-order valence-corrected chi connectivity index (χ1v) is 12.8. The van der Waals surface area contributed by atoms with Gasteiger partial charge in [-0.25, -0.2) is 14.4 Å². The van der Waals surface area contributed by atoms with Crippen molar-refractivity contribution in [3.8, 4) is 23.0 Å². The first-order chi connectivity index (χ1) is 19.8. The third-order valence-corrected chi connectivity index (χ3v) is 6.35. The molecule has 2 aromatic carbocycles. The van der Waals surface area contributed by atoms with Crippen LogP contribution in [0, 0.1) is 0 Å². The van der Waals surface area contributed by atoms with E-state index < -0.39 is 72.3 Å². The molecule has 1 fully saturated rings. The number of phenolic OH excluding ortho intramolecular Hbond substituents is 4. The van der Waals surface area contributed by atoms with E-state index in [2.05, 4.69) is 0 Å². The molecular formula is C29H32O13. The summed E-state index contributed by atoms with van der Waals surface area (Å²) in [6.45, 7) is 1.24. The van der Waals surface area contributed by atoms with Gasteiger partial charge in [-0.1, -0.05) is 12.1 Å². The van der Waals surface area contributed by atoms with Crippen LogP contribution in [0.2, 0.25) is 0 Å². The lowest BCUT2D eigenvalue weighted by Crippen LogP contribution is -2.58. The summed E-state index contributed by atoms with van der Waals surface area (Å²) in [7, 11) is 0. The minimum absolute atomic E-state index is 0.0799. The van der Waals surface area contributed by atoms with Crippen LogP contribution in [0.1, 0.15) is 37.3 Å². The molecular weight excluding hydrogens is 556 g/mol. The second-order valence-electron chi connectivity index (χ2n) is 9.82. The number of carbonyl (C=O) groups is 3. The molecule has 226 valence electrons. The molecule has 1 unspecified atom stereocenters. The van der Waals surface area contributed by atoms with Crippen LogP contribution in [-0.4, -0.2) is 90.3 Å². The maximum atomic E-state index is 12.8. The van der Waals surface area contributed by atoms with E-state index in [0.29, 0.717) is 11.1 Å². The van der Waals surface area contributed by atoms with Crippen LogP contribution in [0.3, 0.4) is 0 Å². The van der Waals surface area contributed by atoms with Gasteiger partial charge in [0.05, 0.1) is 12.7 Å². The molecule has 13 nitrogen and oxygen atoms in total. The molecule has 1 aliphatic rings. The largest absolute Gasteiger partial charge is 0.504 e. The molecule has 1 saturated carbocycles. The van der Waals surface area contributed by atoms with Crippen LogP contribution in [0.4, 0.5) is 0 Å². The minimum Gasteiger partial charge on any atom is -0.504 e. The van der Waals surface area contributed by atoms with Gasteiger partial charge in [0.25, 0.3) is 0 Å². The number of esters is 3. The van der Waals surface area contributed by atoms with Crippen LogP contribution in [0.15, 0.2) is 48.6 Å². The molecule has 2 aromatic rings. The Bertz CT molecular complexity index is 1260. The number of carbonyl (C=O) groups excluding carboxylic acids is 3. The van der Waals surface area contributed by atoms with Crippen LogP contribution >= 0.6 is 0 Å². The number of aliphatic hydroxyl groups excluding tert-OH is 2. The van der Waals surface area contributed by atoms with E-state index in [4.69, 9.17) is 14.2 Å². The summed E-state index contributed by atoms with van der Waals surface area (Å²) >= 11 is 0. The number of aromatic hydroxyl groups is 4. The zero-order valence-corrected chi connectivity index (χ0v) is 22.5. The van der Waals surface area contributed by atoms with Crippen LogP contribution in [0.25, 0.3) is 12.2 Å². The summed E-state index contributed by atoms with van der Waals surface area (Å²) in [5.74, 6) is -4.72. The van der Waals surface area contributed by atoms with Gasteiger partial charge in [0.15, 0.2) is 28.6 Å². The highest BCUT2D eigenvalue weighted by molar-refractivity contribution is 5.88. The quantitative estimate of drug-likeness (QED) is 0.0900. The monoisotopic (exact) mass is 588 g/mol. The lowest BCUT2D eigenvalue weighted by molar-refractivity contribution is -0.206. The molecule has 42 heavy (non-hydrogen) atoms. The van der Waals surface area contributed by atoms with Crippen molar-refractivity contribution in [2.45, 2.75) is 56.2 Å². The Kier molecular flexibility index (Phi) is 10.5. The average molecular weight is 589 g/mol. The van der Waals surface area contributed by atoms with Crippen LogP contribution in [-0.2, 0) is 28.6 Å². The molecule has 0 bridgehead atoms. The molecule has 0 radical (unpaired) electrons. The van der Waals surface area contributed by atoms with E-state index in [1.807, 2.05) is 0 Å². The number of aliphatic hydroxyl groups is 3. The molecule has 0 aromatic heterocycles. The van der Waals surface area contributed by atoms with Gasteiger partial charge >= 0.3 is 17.9 Å². The van der Waals surface area contributed by atoms with Crippen molar-refractivity contribution < 1.29 is 64.3 Å².